The maximum Gasteiger partial charge on any atom is 0.305 e. The van der Waals surface area contributed by atoms with Crippen LogP contribution < -0.4 is 5.32 Å². The molecule has 0 rings (SSSR count). The molecule has 0 spiro atoms. The van der Waals surface area contributed by atoms with Crippen LogP contribution in [0.4, 0.5) is 0 Å². The Labute approximate surface area is 335 Å². The van der Waals surface area contributed by atoms with Crippen LogP contribution in [0.3, 0.4) is 0 Å². The Kier molecular flexibility index (Phi) is 42.7. The molecule has 54 heavy (non-hydrogen) atoms. The fourth-order valence-electron chi connectivity index (χ4n) is 7.05. The van der Waals surface area contributed by atoms with Crippen molar-refractivity contribution in [2.24, 2.45) is 0 Å². The summed E-state index contributed by atoms with van der Waals surface area (Å²) in [5, 5.41) is 23.0. The van der Waals surface area contributed by atoms with E-state index in [0.717, 1.165) is 70.6 Å². The maximum atomic E-state index is 12.4. The zero-order valence-electron chi connectivity index (χ0n) is 36.0. The van der Waals surface area contributed by atoms with E-state index in [1.165, 1.54) is 141 Å². The van der Waals surface area contributed by atoms with E-state index in [9.17, 15) is 19.8 Å². The summed E-state index contributed by atoms with van der Waals surface area (Å²) in [6, 6.07) is -0.577. The number of carbonyl (C=O) groups excluding carboxylic acids is 2. The lowest BCUT2D eigenvalue weighted by Gasteiger charge is -2.22. The minimum atomic E-state index is -0.693. The molecule has 0 fully saturated rings. The van der Waals surface area contributed by atoms with Gasteiger partial charge in [-0.25, -0.2) is 0 Å². The summed E-state index contributed by atoms with van der Waals surface area (Å²) in [5.74, 6) is -0.137. The molecule has 2 atom stereocenters. The Hall–Kier alpha value is -1.66. The Bertz CT molecular complexity index is 843. The molecular formula is C48H91NO5. The van der Waals surface area contributed by atoms with Gasteiger partial charge in [0, 0.05) is 12.8 Å². The molecule has 318 valence electrons. The molecule has 0 aromatic carbocycles. The number of amides is 1. The second-order valence-electron chi connectivity index (χ2n) is 16.1. The number of aliphatic hydroxyl groups excluding tert-OH is 2. The average Bonchev–Trinajstić information content (AvgIpc) is 3.17. The number of hydrogen-bond donors (Lipinski definition) is 3. The highest BCUT2D eigenvalue weighted by Crippen LogP contribution is 2.15. The number of esters is 1. The molecular weight excluding hydrogens is 671 g/mol. The third kappa shape index (κ3) is 40.0. The Morgan fingerprint density at radius 3 is 1.35 bits per heavy atom. The molecule has 0 aromatic heterocycles. The van der Waals surface area contributed by atoms with Gasteiger partial charge in [-0.1, -0.05) is 186 Å². The molecule has 1 amide bonds. The van der Waals surface area contributed by atoms with Crippen LogP contribution in [0.2, 0.25) is 0 Å². The summed E-state index contributed by atoms with van der Waals surface area (Å²) < 4.78 is 5.43. The number of aliphatic hydroxyl groups is 2. The smallest absolute Gasteiger partial charge is 0.305 e. The van der Waals surface area contributed by atoms with Gasteiger partial charge in [0.15, 0.2) is 0 Å². The van der Waals surface area contributed by atoms with Gasteiger partial charge in [0.05, 0.1) is 25.4 Å². The predicted octanol–water partition coefficient (Wildman–Crippen LogP) is 13.6. The van der Waals surface area contributed by atoms with E-state index in [1.54, 1.807) is 0 Å². The summed E-state index contributed by atoms with van der Waals surface area (Å²) in [7, 11) is 0. The van der Waals surface area contributed by atoms with Gasteiger partial charge in [-0.3, -0.25) is 9.59 Å². The highest BCUT2D eigenvalue weighted by Gasteiger charge is 2.19. The van der Waals surface area contributed by atoms with Crippen molar-refractivity contribution < 1.29 is 24.5 Å². The van der Waals surface area contributed by atoms with E-state index >= 15 is 0 Å². The van der Waals surface area contributed by atoms with Crippen LogP contribution in [-0.2, 0) is 14.3 Å². The van der Waals surface area contributed by atoms with E-state index < -0.39 is 12.1 Å². The Morgan fingerprint density at radius 2 is 0.889 bits per heavy atom. The predicted molar refractivity (Wildman–Crippen MR) is 232 cm³/mol. The molecule has 0 aliphatic heterocycles. The van der Waals surface area contributed by atoms with Crippen LogP contribution in [0.5, 0.6) is 0 Å². The molecule has 0 saturated heterocycles. The molecule has 6 heteroatoms. The van der Waals surface area contributed by atoms with Gasteiger partial charge in [0.1, 0.15) is 0 Å². The number of carbonyl (C=O) groups is 2. The standard InChI is InChI=1S/C48H91NO5/c1-3-5-7-9-11-13-15-16-17-18-19-20-22-26-30-34-38-42-48(53)54-43-39-35-31-27-23-25-29-33-37-41-47(52)49-45(44-50)46(51)40-36-32-28-24-21-14-12-10-8-6-4-2/h16-17,25,29,45-46,50-51H,3-15,18-24,26-28,30-44H2,1-2H3,(H,49,52)/b17-16-,29-25-. The van der Waals surface area contributed by atoms with E-state index in [2.05, 4.69) is 43.5 Å². The first-order valence-electron chi connectivity index (χ1n) is 23.6. The highest BCUT2D eigenvalue weighted by atomic mass is 16.5. The topological polar surface area (TPSA) is 95.9 Å². The van der Waals surface area contributed by atoms with Gasteiger partial charge in [-0.2, -0.15) is 0 Å². The van der Waals surface area contributed by atoms with E-state index in [-0.39, 0.29) is 18.5 Å². The zero-order valence-corrected chi connectivity index (χ0v) is 36.0. The molecule has 3 N–H and O–H groups in total. The fraction of sp³-hybridized carbons (Fsp3) is 0.875. The summed E-state index contributed by atoms with van der Waals surface area (Å²) in [6.45, 7) is 4.84. The third-order valence-electron chi connectivity index (χ3n) is 10.7. The molecule has 0 radical (unpaired) electrons. The van der Waals surface area contributed by atoms with E-state index in [0.29, 0.717) is 25.9 Å². The maximum absolute atomic E-state index is 12.4. The number of unbranched alkanes of at least 4 members (excludes halogenated alkanes) is 28. The van der Waals surface area contributed by atoms with Crippen molar-refractivity contribution in [3.8, 4) is 0 Å². The first-order valence-corrected chi connectivity index (χ1v) is 23.6. The minimum Gasteiger partial charge on any atom is -0.466 e. The number of ether oxygens (including phenoxy) is 1. The first kappa shape index (κ1) is 52.3. The van der Waals surface area contributed by atoms with Crippen LogP contribution in [-0.4, -0.2) is 47.4 Å². The van der Waals surface area contributed by atoms with Crippen LogP contribution >= 0.6 is 0 Å². The van der Waals surface area contributed by atoms with Gasteiger partial charge in [-0.15, -0.1) is 0 Å². The van der Waals surface area contributed by atoms with Crippen molar-refractivity contribution in [1.82, 2.24) is 5.32 Å². The minimum absolute atomic E-state index is 0.0398. The monoisotopic (exact) mass is 762 g/mol. The summed E-state index contributed by atoms with van der Waals surface area (Å²) in [5.41, 5.74) is 0. The van der Waals surface area contributed by atoms with Crippen LogP contribution in [0.25, 0.3) is 0 Å². The molecule has 6 nitrogen and oxygen atoms in total. The van der Waals surface area contributed by atoms with Gasteiger partial charge in [0.25, 0.3) is 0 Å². The van der Waals surface area contributed by atoms with Crippen molar-refractivity contribution in [2.75, 3.05) is 13.2 Å². The lowest BCUT2D eigenvalue weighted by molar-refractivity contribution is -0.143. The molecule has 0 aliphatic rings. The molecule has 0 heterocycles. The number of allylic oxidation sites excluding steroid dienone is 4. The molecule has 0 saturated carbocycles. The second kappa shape index (κ2) is 44.1. The van der Waals surface area contributed by atoms with Crippen molar-refractivity contribution in [2.45, 2.75) is 257 Å². The van der Waals surface area contributed by atoms with E-state index in [1.807, 2.05) is 0 Å². The van der Waals surface area contributed by atoms with Crippen molar-refractivity contribution in [3.63, 3.8) is 0 Å². The Balaban J connectivity index is 3.53. The molecule has 0 aromatic rings. The lowest BCUT2D eigenvalue weighted by atomic mass is 10.0. The van der Waals surface area contributed by atoms with Crippen molar-refractivity contribution >= 4 is 11.9 Å². The zero-order chi connectivity index (χ0) is 39.4. The lowest BCUT2D eigenvalue weighted by Crippen LogP contribution is -2.45. The fourth-order valence-corrected chi connectivity index (χ4v) is 7.05. The van der Waals surface area contributed by atoms with Gasteiger partial charge in [0.2, 0.25) is 5.91 Å². The molecule has 2 unspecified atom stereocenters. The number of hydrogen-bond acceptors (Lipinski definition) is 5. The summed E-state index contributed by atoms with van der Waals surface area (Å²) in [4.78, 5) is 24.4. The van der Waals surface area contributed by atoms with Gasteiger partial charge < -0.3 is 20.3 Å². The van der Waals surface area contributed by atoms with Crippen LogP contribution in [0.15, 0.2) is 24.3 Å². The van der Waals surface area contributed by atoms with Crippen LogP contribution in [0, 0.1) is 0 Å². The SMILES string of the molecule is CCCCCCCC/C=C\CCCCCCCCCC(=O)OCCCCCC/C=C\CCCC(=O)NC(CO)C(O)CCCCCCCCCCCCC. The largest absolute Gasteiger partial charge is 0.466 e. The van der Waals surface area contributed by atoms with Gasteiger partial charge >= 0.3 is 5.97 Å². The third-order valence-corrected chi connectivity index (χ3v) is 10.7. The highest BCUT2D eigenvalue weighted by molar-refractivity contribution is 5.76. The summed E-state index contributed by atoms with van der Waals surface area (Å²) >= 11 is 0. The quantitative estimate of drug-likeness (QED) is 0.0327. The van der Waals surface area contributed by atoms with Crippen molar-refractivity contribution in [3.05, 3.63) is 24.3 Å². The van der Waals surface area contributed by atoms with Crippen LogP contribution in [0.1, 0.15) is 245 Å². The first-order chi connectivity index (χ1) is 26.5. The normalized spacial score (nSPS) is 12.9. The number of nitrogens with one attached hydrogen (secondary N) is 1. The summed E-state index contributed by atoms with van der Waals surface area (Å²) in [6.07, 6.45) is 50.0. The molecule has 0 aliphatic carbocycles. The number of rotatable bonds is 43. The Morgan fingerprint density at radius 1 is 0.500 bits per heavy atom. The second-order valence-corrected chi connectivity index (χ2v) is 16.1. The van der Waals surface area contributed by atoms with Gasteiger partial charge in [-0.05, 0) is 70.6 Å². The van der Waals surface area contributed by atoms with E-state index in [4.69, 9.17) is 4.74 Å². The molecule has 0 bridgehead atoms. The van der Waals surface area contributed by atoms with Crippen molar-refractivity contribution in [1.29, 1.82) is 0 Å². The average molecular weight is 762 g/mol.